The van der Waals surface area contributed by atoms with Crippen molar-refractivity contribution >= 4 is 23.3 Å². The summed E-state index contributed by atoms with van der Waals surface area (Å²) in [5.41, 5.74) is 6.14. The smallest absolute Gasteiger partial charge is 0.246 e. The van der Waals surface area contributed by atoms with Crippen LogP contribution in [0, 0.1) is 0 Å². The van der Waals surface area contributed by atoms with Gasteiger partial charge >= 0.3 is 0 Å². The van der Waals surface area contributed by atoms with Gasteiger partial charge in [0, 0.05) is 0 Å². The Morgan fingerprint density at radius 2 is 1.95 bits per heavy atom. The normalized spacial score (nSPS) is 15.6. The number of nitrogens with zero attached hydrogens (tertiary/aromatic N) is 3. The Kier molecular flexibility index (Phi) is 3.50. The van der Waals surface area contributed by atoms with Gasteiger partial charge in [-0.3, -0.25) is 14.9 Å². The second kappa shape index (κ2) is 5.09. The van der Waals surface area contributed by atoms with E-state index in [-0.39, 0.29) is 42.6 Å². The first-order valence-electron chi connectivity index (χ1n) is 5.82. The average molecular weight is 265 g/mol. The van der Waals surface area contributed by atoms with Gasteiger partial charge in [-0.25, -0.2) is 4.98 Å². The maximum atomic E-state index is 11.3. The molecular formula is C11H15N5O3. The summed E-state index contributed by atoms with van der Waals surface area (Å²) in [7, 11) is 0. The van der Waals surface area contributed by atoms with Crippen molar-refractivity contribution in [3.05, 3.63) is 6.33 Å². The summed E-state index contributed by atoms with van der Waals surface area (Å²) in [4.78, 5) is 32.1. The number of amides is 2. The average Bonchev–Trinajstić information content (AvgIpc) is 2.30. The maximum Gasteiger partial charge on any atom is 0.246 e. The van der Waals surface area contributed by atoms with E-state index < -0.39 is 0 Å². The standard InChI is InChI=1S/C11H15N5O3/c1-6(2)19-11-9(12)10(13-5-14-11)16-3-7(17)15-8(18)4-16/h5-6H,3-4,12H2,1-2H3,(H,15,17,18). The van der Waals surface area contributed by atoms with Crippen molar-refractivity contribution in [3.63, 3.8) is 0 Å². The van der Waals surface area contributed by atoms with Gasteiger partial charge in [-0.15, -0.1) is 0 Å². The van der Waals surface area contributed by atoms with Crippen LogP contribution in [0.1, 0.15) is 13.8 Å². The van der Waals surface area contributed by atoms with Crippen LogP contribution in [-0.2, 0) is 9.59 Å². The summed E-state index contributed by atoms with van der Waals surface area (Å²) < 4.78 is 5.44. The van der Waals surface area contributed by atoms with Crippen molar-refractivity contribution in [2.45, 2.75) is 20.0 Å². The minimum Gasteiger partial charge on any atom is -0.473 e. The molecule has 3 N–H and O–H groups in total. The Bertz CT molecular complexity index is 501. The van der Waals surface area contributed by atoms with E-state index in [1.165, 1.54) is 11.2 Å². The monoisotopic (exact) mass is 265 g/mol. The van der Waals surface area contributed by atoms with E-state index >= 15 is 0 Å². The van der Waals surface area contributed by atoms with Crippen molar-refractivity contribution in [1.29, 1.82) is 0 Å². The summed E-state index contributed by atoms with van der Waals surface area (Å²) in [6.07, 6.45) is 1.21. The minimum absolute atomic E-state index is 0.0219. The lowest BCUT2D eigenvalue weighted by molar-refractivity contribution is -0.130. The first-order valence-corrected chi connectivity index (χ1v) is 5.82. The van der Waals surface area contributed by atoms with E-state index in [2.05, 4.69) is 15.3 Å². The van der Waals surface area contributed by atoms with Crippen molar-refractivity contribution in [2.24, 2.45) is 0 Å². The fraction of sp³-hybridized carbons (Fsp3) is 0.455. The molecule has 2 rings (SSSR count). The molecule has 2 amide bonds. The minimum atomic E-state index is -0.388. The number of nitrogen functional groups attached to an aromatic ring is 1. The van der Waals surface area contributed by atoms with Gasteiger partial charge < -0.3 is 15.4 Å². The second-order valence-corrected chi connectivity index (χ2v) is 4.41. The van der Waals surface area contributed by atoms with Crippen molar-refractivity contribution in [1.82, 2.24) is 15.3 Å². The van der Waals surface area contributed by atoms with Crippen LogP contribution in [0.2, 0.25) is 0 Å². The van der Waals surface area contributed by atoms with Gasteiger partial charge in [0.05, 0.1) is 19.2 Å². The molecule has 102 valence electrons. The predicted molar refractivity (Wildman–Crippen MR) is 67.6 cm³/mol. The third-order valence-electron chi connectivity index (χ3n) is 2.42. The van der Waals surface area contributed by atoms with Gasteiger partial charge in [-0.2, -0.15) is 4.98 Å². The van der Waals surface area contributed by atoms with Crippen LogP contribution in [0.3, 0.4) is 0 Å². The number of aromatic nitrogens is 2. The van der Waals surface area contributed by atoms with Crippen LogP contribution < -0.4 is 20.7 Å². The van der Waals surface area contributed by atoms with Crippen LogP contribution in [0.4, 0.5) is 11.5 Å². The van der Waals surface area contributed by atoms with E-state index in [0.29, 0.717) is 5.82 Å². The van der Waals surface area contributed by atoms with Gasteiger partial charge in [0.15, 0.2) is 5.82 Å². The zero-order valence-electron chi connectivity index (χ0n) is 10.7. The van der Waals surface area contributed by atoms with Gasteiger partial charge in [-0.05, 0) is 13.8 Å². The number of carbonyl (C=O) groups is 2. The molecule has 0 radical (unpaired) electrons. The molecule has 0 atom stereocenters. The molecule has 1 saturated heterocycles. The number of nitrogens with one attached hydrogen (secondary N) is 1. The third kappa shape index (κ3) is 2.90. The molecule has 8 nitrogen and oxygen atoms in total. The number of rotatable bonds is 3. The Labute approximate surface area is 110 Å². The molecule has 2 heterocycles. The van der Waals surface area contributed by atoms with Gasteiger partial charge in [0.25, 0.3) is 0 Å². The Balaban J connectivity index is 2.29. The van der Waals surface area contributed by atoms with Gasteiger partial charge in [-0.1, -0.05) is 0 Å². The summed E-state index contributed by atoms with van der Waals surface area (Å²) in [5, 5.41) is 2.21. The van der Waals surface area contributed by atoms with E-state index in [9.17, 15) is 9.59 Å². The number of piperazine rings is 1. The van der Waals surface area contributed by atoms with E-state index in [0.717, 1.165) is 0 Å². The molecular weight excluding hydrogens is 250 g/mol. The number of anilines is 2. The predicted octanol–water partition coefficient (Wildman–Crippen LogP) is -0.691. The highest BCUT2D eigenvalue weighted by Crippen LogP contribution is 2.28. The lowest BCUT2D eigenvalue weighted by Crippen LogP contribution is -2.52. The summed E-state index contributed by atoms with van der Waals surface area (Å²) in [5.74, 6) is -0.200. The number of ether oxygens (including phenoxy) is 1. The molecule has 0 aromatic carbocycles. The maximum absolute atomic E-state index is 11.3. The zero-order valence-corrected chi connectivity index (χ0v) is 10.7. The van der Waals surface area contributed by atoms with E-state index in [1.54, 1.807) is 0 Å². The van der Waals surface area contributed by atoms with Crippen LogP contribution >= 0.6 is 0 Å². The van der Waals surface area contributed by atoms with E-state index in [4.69, 9.17) is 10.5 Å². The molecule has 8 heteroatoms. The number of hydrogen-bond acceptors (Lipinski definition) is 7. The third-order valence-corrected chi connectivity index (χ3v) is 2.42. The van der Waals surface area contributed by atoms with Crippen molar-refractivity contribution in [2.75, 3.05) is 23.7 Å². The molecule has 1 aromatic heterocycles. The fourth-order valence-electron chi connectivity index (χ4n) is 1.73. The lowest BCUT2D eigenvalue weighted by atomic mass is 10.3. The zero-order chi connectivity index (χ0) is 14.0. The molecule has 1 aliphatic rings. The van der Waals surface area contributed by atoms with Crippen LogP contribution in [0.15, 0.2) is 6.33 Å². The largest absolute Gasteiger partial charge is 0.473 e. The highest BCUT2D eigenvalue weighted by atomic mass is 16.5. The molecule has 1 aromatic rings. The Morgan fingerprint density at radius 1 is 1.32 bits per heavy atom. The molecule has 19 heavy (non-hydrogen) atoms. The molecule has 1 aliphatic heterocycles. The first-order chi connectivity index (χ1) is 8.97. The first kappa shape index (κ1) is 13.1. The van der Waals surface area contributed by atoms with Crippen LogP contribution in [0.5, 0.6) is 5.88 Å². The number of imide groups is 1. The van der Waals surface area contributed by atoms with Crippen molar-refractivity contribution in [3.8, 4) is 5.88 Å². The lowest BCUT2D eigenvalue weighted by Gasteiger charge is -2.27. The highest BCUT2D eigenvalue weighted by molar-refractivity contribution is 6.03. The summed E-state index contributed by atoms with van der Waals surface area (Å²) in [6, 6.07) is 0. The molecule has 0 spiro atoms. The van der Waals surface area contributed by atoms with Gasteiger partial charge in [0.1, 0.15) is 12.0 Å². The topological polar surface area (TPSA) is 110 Å². The van der Waals surface area contributed by atoms with Crippen LogP contribution in [-0.4, -0.2) is 41.0 Å². The molecule has 0 saturated carbocycles. The highest BCUT2D eigenvalue weighted by Gasteiger charge is 2.26. The summed E-state index contributed by atoms with van der Waals surface area (Å²) in [6.45, 7) is 3.74. The fourth-order valence-corrected chi connectivity index (χ4v) is 1.73. The molecule has 0 unspecified atom stereocenters. The molecule has 1 fully saturated rings. The number of nitrogens with two attached hydrogens (primary N) is 1. The number of hydrogen-bond donors (Lipinski definition) is 2. The summed E-state index contributed by atoms with van der Waals surface area (Å²) >= 11 is 0. The van der Waals surface area contributed by atoms with Crippen LogP contribution in [0.25, 0.3) is 0 Å². The molecule has 0 aliphatic carbocycles. The second-order valence-electron chi connectivity index (χ2n) is 4.41. The Hall–Kier alpha value is -2.38. The Morgan fingerprint density at radius 3 is 2.53 bits per heavy atom. The SMILES string of the molecule is CC(C)Oc1ncnc(N2CC(=O)NC(=O)C2)c1N. The number of carbonyl (C=O) groups excluding carboxylic acids is 2. The quantitative estimate of drug-likeness (QED) is 0.696. The van der Waals surface area contributed by atoms with E-state index in [1.807, 2.05) is 13.8 Å². The van der Waals surface area contributed by atoms with Crippen molar-refractivity contribution < 1.29 is 14.3 Å². The van der Waals surface area contributed by atoms with Gasteiger partial charge in [0.2, 0.25) is 17.7 Å². The molecule has 0 bridgehead atoms.